The quantitative estimate of drug-likeness (QED) is 0.501. The number of hydrogen-bond acceptors (Lipinski definition) is 5. The highest BCUT2D eigenvalue weighted by Crippen LogP contribution is 2.20. The average molecular weight is 437 g/mol. The Morgan fingerprint density at radius 1 is 1.14 bits per heavy atom. The number of nitrogens with zero attached hydrogens (tertiary/aromatic N) is 1. The zero-order valence-electron chi connectivity index (χ0n) is 16.1. The SMILES string of the molecule is NCCC[C@H](N)C(=O)N[C@H](CCc1ccccc1)C(=O)Cc1ncc(Cl)cc1Cl. The Hall–Kier alpha value is -1.99. The predicted octanol–water partition coefficient (Wildman–Crippen LogP) is 2.68. The molecule has 8 heteroatoms. The van der Waals surface area contributed by atoms with E-state index >= 15 is 0 Å². The fourth-order valence-electron chi connectivity index (χ4n) is 2.88. The average Bonchev–Trinajstić information content (AvgIpc) is 2.71. The van der Waals surface area contributed by atoms with Crippen molar-refractivity contribution in [3.05, 3.63) is 63.9 Å². The lowest BCUT2D eigenvalue weighted by Crippen LogP contribution is -2.49. The molecule has 0 saturated carbocycles. The minimum atomic E-state index is -0.706. The maximum Gasteiger partial charge on any atom is 0.237 e. The van der Waals surface area contributed by atoms with Crippen LogP contribution in [0.3, 0.4) is 0 Å². The fourth-order valence-corrected chi connectivity index (χ4v) is 3.33. The van der Waals surface area contributed by atoms with Crippen molar-refractivity contribution in [2.75, 3.05) is 6.54 Å². The van der Waals surface area contributed by atoms with E-state index in [9.17, 15) is 9.59 Å². The molecule has 1 amide bonds. The Bertz CT molecular complexity index is 818. The number of aryl methyl sites for hydroxylation is 1. The Kier molecular flexibility index (Phi) is 9.54. The van der Waals surface area contributed by atoms with E-state index in [0.29, 0.717) is 48.0 Å². The first kappa shape index (κ1) is 23.3. The third-order valence-electron chi connectivity index (χ3n) is 4.55. The second-order valence-corrected chi connectivity index (χ2v) is 7.69. The number of nitrogens with two attached hydrogens (primary N) is 2. The van der Waals surface area contributed by atoms with E-state index in [1.807, 2.05) is 30.3 Å². The van der Waals surface area contributed by atoms with Gasteiger partial charge in [0, 0.05) is 6.20 Å². The topological polar surface area (TPSA) is 111 Å². The molecule has 2 rings (SSSR count). The number of aromatic nitrogens is 1. The van der Waals surface area contributed by atoms with Gasteiger partial charge < -0.3 is 16.8 Å². The van der Waals surface area contributed by atoms with Gasteiger partial charge in [-0.1, -0.05) is 53.5 Å². The number of rotatable bonds is 11. The van der Waals surface area contributed by atoms with Gasteiger partial charge >= 0.3 is 0 Å². The summed E-state index contributed by atoms with van der Waals surface area (Å²) in [5.41, 5.74) is 12.9. The number of Topliss-reactive ketones (excluding diaryl/α,β-unsaturated/α-hetero) is 1. The van der Waals surface area contributed by atoms with Gasteiger partial charge in [-0.15, -0.1) is 0 Å². The number of benzene rings is 1. The third-order valence-corrected chi connectivity index (χ3v) is 5.09. The summed E-state index contributed by atoms with van der Waals surface area (Å²) in [6.45, 7) is 0.456. The Morgan fingerprint density at radius 3 is 2.52 bits per heavy atom. The van der Waals surface area contributed by atoms with E-state index in [1.165, 1.54) is 6.20 Å². The van der Waals surface area contributed by atoms with Crippen molar-refractivity contribution in [3.63, 3.8) is 0 Å². The number of ketones is 1. The summed E-state index contributed by atoms with van der Waals surface area (Å²) < 4.78 is 0. The van der Waals surface area contributed by atoms with Gasteiger partial charge in [0.1, 0.15) is 0 Å². The van der Waals surface area contributed by atoms with Gasteiger partial charge in [-0.2, -0.15) is 0 Å². The van der Waals surface area contributed by atoms with Gasteiger partial charge in [0.2, 0.25) is 5.91 Å². The molecule has 5 N–H and O–H groups in total. The van der Waals surface area contributed by atoms with E-state index in [-0.39, 0.29) is 18.1 Å². The lowest BCUT2D eigenvalue weighted by molar-refractivity contribution is -0.128. The molecule has 0 spiro atoms. The number of pyridine rings is 1. The molecular formula is C21H26Cl2N4O2. The zero-order valence-corrected chi connectivity index (χ0v) is 17.6. The molecule has 0 aliphatic heterocycles. The minimum Gasteiger partial charge on any atom is -0.345 e. The van der Waals surface area contributed by atoms with E-state index in [2.05, 4.69) is 10.3 Å². The normalized spacial score (nSPS) is 13.0. The second-order valence-electron chi connectivity index (χ2n) is 6.85. The molecule has 2 atom stereocenters. The van der Waals surface area contributed by atoms with Crippen molar-refractivity contribution in [1.29, 1.82) is 0 Å². The molecule has 156 valence electrons. The zero-order chi connectivity index (χ0) is 21.2. The van der Waals surface area contributed by atoms with Gasteiger partial charge in [0.25, 0.3) is 0 Å². The molecule has 0 fully saturated rings. The first-order valence-corrected chi connectivity index (χ1v) is 10.3. The summed E-state index contributed by atoms with van der Waals surface area (Å²) >= 11 is 12.0. The van der Waals surface area contributed by atoms with Gasteiger partial charge in [0.05, 0.1) is 34.2 Å². The lowest BCUT2D eigenvalue weighted by Gasteiger charge is -2.20. The van der Waals surface area contributed by atoms with Crippen LogP contribution in [0.5, 0.6) is 0 Å². The van der Waals surface area contributed by atoms with Crippen molar-refractivity contribution in [1.82, 2.24) is 10.3 Å². The summed E-state index contributed by atoms with van der Waals surface area (Å²) in [6.07, 6.45) is 3.62. The van der Waals surface area contributed by atoms with Crippen LogP contribution in [0.4, 0.5) is 0 Å². The molecule has 0 aliphatic carbocycles. The fraction of sp³-hybridized carbons (Fsp3) is 0.381. The Labute approximate surface area is 181 Å². The lowest BCUT2D eigenvalue weighted by atomic mass is 9.98. The van der Waals surface area contributed by atoms with E-state index < -0.39 is 12.1 Å². The molecule has 0 bridgehead atoms. The van der Waals surface area contributed by atoms with Gasteiger partial charge in [-0.25, -0.2) is 0 Å². The molecular weight excluding hydrogens is 411 g/mol. The summed E-state index contributed by atoms with van der Waals surface area (Å²) in [6, 6.07) is 9.90. The molecule has 6 nitrogen and oxygen atoms in total. The predicted molar refractivity (Wildman–Crippen MR) is 116 cm³/mol. The molecule has 1 aromatic carbocycles. The van der Waals surface area contributed by atoms with Gasteiger partial charge in [0.15, 0.2) is 5.78 Å². The van der Waals surface area contributed by atoms with Crippen LogP contribution in [-0.4, -0.2) is 35.3 Å². The van der Waals surface area contributed by atoms with Crippen molar-refractivity contribution in [2.24, 2.45) is 11.5 Å². The highest BCUT2D eigenvalue weighted by Gasteiger charge is 2.24. The number of hydrogen-bond donors (Lipinski definition) is 3. The maximum absolute atomic E-state index is 12.9. The van der Waals surface area contributed by atoms with Crippen LogP contribution in [-0.2, 0) is 22.4 Å². The summed E-state index contributed by atoms with van der Waals surface area (Å²) in [7, 11) is 0. The van der Waals surface area contributed by atoms with Crippen LogP contribution in [0.15, 0.2) is 42.6 Å². The van der Waals surface area contributed by atoms with Crippen molar-refractivity contribution in [2.45, 2.75) is 44.2 Å². The summed E-state index contributed by atoms with van der Waals surface area (Å²) in [4.78, 5) is 29.5. The van der Waals surface area contributed by atoms with Crippen LogP contribution < -0.4 is 16.8 Å². The highest BCUT2D eigenvalue weighted by atomic mass is 35.5. The Balaban J connectivity index is 2.09. The third kappa shape index (κ3) is 7.74. The van der Waals surface area contributed by atoms with E-state index in [1.54, 1.807) is 6.07 Å². The monoisotopic (exact) mass is 436 g/mol. The maximum atomic E-state index is 12.9. The van der Waals surface area contributed by atoms with Crippen LogP contribution in [0.1, 0.15) is 30.5 Å². The molecule has 29 heavy (non-hydrogen) atoms. The molecule has 2 aromatic rings. The van der Waals surface area contributed by atoms with Crippen LogP contribution >= 0.6 is 23.2 Å². The molecule has 0 saturated heterocycles. The van der Waals surface area contributed by atoms with Crippen LogP contribution in [0.2, 0.25) is 10.0 Å². The number of halogens is 2. The molecule has 1 heterocycles. The molecule has 1 aromatic heterocycles. The Morgan fingerprint density at radius 2 is 1.86 bits per heavy atom. The summed E-state index contributed by atoms with van der Waals surface area (Å²) in [5, 5.41) is 3.51. The van der Waals surface area contributed by atoms with Crippen molar-refractivity contribution >= 4 is 34.9 Å². The number of amides is 1. The minimum absolute atomic E-state index is 0.00617. The first-order valence-electron chi connectivity index (χ1n) is 9.53. The van der Waals surface area contributed by atoms with Crippen molar-refractivity contribution in [3.8, 4) is 0 Å². The number of carbonyl (C=O) groups excluding carboxylic acids is 2. The molecule has 0 unspecified atom stereocenters. The van der Waals surface area contributed by atoms with Crippen molar-refractivity contribution < 1.29 is 9.59 Å². The van der Waals surface area contributed by atoms with Gasteiger partial charge in [-0.05, 0) is 43.9 Å². The number of carbonyl (C=O) groups is 2. The first-order chi connectivity index (χ1) is 13.9. The largest absolute Gasteiger partial charge is 0.345 e. The van der Waals surface area contributed by atoms with E-state index in [0.717, 1.165) is 5.56 Å². The van der Waals surface area contributed by atoms with Crippen LogP contribution in [0, 0.1) is 0 Å². The summed E-state index contributed by atoms with van der Waals surface area (Å²) in [5.74, 6) is -0.544. The standard InChI is InChI=1S/C21H26Cl2N4O2/c22-15-11-16(23)19(26-13-15)12-20(28)18(9-8-14-5-2-1-3-6-14)27-21(29)17(25)7-4-10-24/h1-3,5-6,11,13,17-18H,4,7-10,12,24-25H2,(H,27,29)/t17-,18+/m0/s1. The highest BCUT2D eigenvalue weighted by molar-refractivity contribution is 6.34. The van der Waals surface area contributed by atoms with Crippen LogP contribution in [0.25, 0.3) is 0 Å². The molecule has 0 radical (unpaired) electrons. The smallest absolute Gasteiger partial charge is 0.237 e. The van der Waals surface area contributed by atoms with Gasteiger partial charge in [-0.3, -0.25) is 14.6 Å². The molecule has 0 aliphatic rings. The second kappa shape index (κ2) is 11.9. The van der Waals surface area contributed by atoms with E-state index in [4.69, 9.17) is 34.7 Å². The number of nitrogens with one attached hydrogen (secondary N) is 1.